The molecule has 0 aromatic heterocycles. The molecule has 3 nitrogen and oxygen atoms in total. The average Bonchev–Trinajstić information content (AvgIpc) is 2.30. The highest BCUT2D eigenvalue weighted by Crippen LogP contribution is 2.17. The maximum Gasteiger partial charge on any atom is 0.115 e. The number of ether oxygens (including phenoxy) is 1. The molecule has 1 aliphatic heterocycles. The van der Waals surface area contributed by atoms with Gasteiger partial charge in [0.15, 0.2) is 0 Å². The molecule has 2 rings (SSSR count). The van der Waals surface area contributed by atoms with E-state index in [1.54, 1.807) is 6.07 Å². The zero-order valence-corrected chi connectivity index (χ0v) is 9.72. The third kappa shape index (κ3) is 2.97. The Kier molecular flexibility index (Phi) is 3.80. The Bertz CT molecular complexity index is 334. The summed E-state index contributed by atoms with van der Waals surface area (Å²) in [7, 11) is 2.14. The molecule has 1 fully saturated rings. The van der Waals surface area contributed by atoms with Gasteiger partial charge in [0, 0.05) is 25.8 Å². The summed E-state index contributed by atoms with van der Waals surface area (Å²) >= 11 is 0. The van der Waals surface area contributed by atoms with Gasteiger partial charge in [-0.15, -0.1) is 0 Å². The zero-order chi connectivity index (χ0) is 11.4. The van der Waals surface area contributed by atoms with Gasteiger partial charge in [-0.25, -0.2) is 0 Å². The lowest BCUT2D eigenvalue weighted by Gasteiger charge is -2.31. The van der Waals surface area contributed by atoms with Crippen molar-refractivity contribution in [3.8, 4) is 5.75 Å². The van der Waals surface area contributed by atoms with E-state index in [0.29, 0.717) is 11.8 Å². The molecule has 0 radical (unpaired) electrons. The fraction of sp³-hybridized carbons (Fsp3) is 0.538. The highest BCUT2D eigenvalue weighted by Gasteiger charge is 2.18. The van der Waals surface area contributed by atoms with Gasteiger partial charge in [0.25, 0.3) is 0 Å². The second-order valence-electron chi connectivity index (χ2n) is 4.43. The summed E-state index contributed by atoms with van der Waals surface area (Å²) in [5.41, 5.74) is 1.16. The quantitative estimate of drug-likeness (QED) is 0.847. The summed E-state index contributed by atoms with van der Waals surface area (Å²) < 4.78 is 5.35. The van der Waals surface area contributed by atoms with E-state index in [-0.39, 0.29) is 0 Å². The van der Waals surface area contributed by atoms with E-state index in [2.05, 4.69) is 18.0 Å². The molecule has 0 spiro atoms. The van der Waals surface area contributed by atoms with Gasteiger partial charge in [-0.2, -0.15) is 0 Å². The molecular formula is C13H19NO2. The van der Waals surface area contributed by atoms with Crippen molar-refractivity contribution >= 4 is 0 Å². The summed E-state index contributed by atoms with van der Waals surface area (Å²) in [6.45, 7) is 2.63. The van der Waals surface area contributed by atoms with E-state index in [0.717, 1.165) is 38.2 Å². The highest BCUT2D eigenvalue weighted by atomic mass is 16.5. The van der Waals surface area contributed by atoms with Crippen molar-refractivity contribution in [2.75, 3.05) is 20.3 Å². The van der Waals surface area contributed by atoms with Crippen LogP contribution in [-0.4, -0.2) is 36.3 Å². The molecule has 0 aliphatic carbocycles. The van der Waals surface area contributed by atoms with Gasteiger partial charge in [-0.3, -0.25) is 4.90 Å². The van der Waals surface area contributed by atoms with Crippen molar-refractivity contribution in [2.45, 2.75) is 25.4 Å². The topological polar surface area (TPSA) is 32.7 Å². The van der Waals surface area contributed by atoms with E-state index in [1.807, 2.05) is 12.1 Å². The van der Waals surface area contributed by atoms with Crippen LogP contribution < -0.4 is 0 Å². The van der Waals surface area contributed by atoms with Crippen molar-refractivity contribution in [3.05, 3.63) is 29.8 Å². The normalized spacial score (nSPS) is 17.9. The first-order valence-corrected chi connectivity index (χ1v) is 5.81. The molecule has 0 atom stereocenters. The van der Waals surface area contributed by atoms with Gasteiger partial charge < -0.3 is 9.84 Å². The Labute approximate surface area is 96.6 Å². The van der Waals surface area contributed by atoms with Crippen LogP contribution in [0.3, 0.4) is 0 Å². The Morgan fingerprint density at radius 2 is 2.12 bits per heavy atom. The second kappa shape index (κ2) is 5.32. The molecule has 0 unspecified atom stereocenters. The number of hydrogen-bond acceptors (Lipinski definition) is 3. The number of hydrogen-bond donors (Lipinski definition) is 1. The molecule has 1 aliphatic rings. The minimum atomic E-state index is 0.345. The highest BCUT2D eigenvalue weighted by molar-refractivity contribution is 5.26. The van der Waals surface area contributed by atoms with Gasteiger partial charge in [0.1, 0.15) is 5.75 Å². The zero-order valence-electron chi connectivity index (χ0n) is 9.72. The first kappa shape index (κ1) is 11.4. The summed E-state index contributed by atoms with van der Waals surface area (Å²) in [6.07, 6.45) is 2.21. The standard InChI is InChI=1S/C13H19NO2/c1-14(12-5-7-16-8-6-12)10-11-3-2-4-13(15)9-11/h2-4,9,12,15H,5-8,10H2,1H3. The minimum Gasteiger partial charge on any atom is -0.508 e. The number of benzene rings is 1. The Morgan fingerprint density at radius 3 is 2.81 bits per heavy atom. The van der Waals surface area contributed by atoms with Crippen LogP contribution in [0.5, 0.6) is 5.75 Å². The smallest absolute Gasteiger partial charge is 0.115 e. The van der Waals surface area contributed by atoms with Crippen molar-refractivity contribution in [1.29, 1.82) is 0 Å². The predicted molar refractivity (Wildman–Crippen MR) is 63.4 cm³/mol. The van der Waals surface area contributed by atoms with Crippen LogP contribution in [0, 0.1) is 0 Å². The van der Waals surface area contributed by atoms with Crippen molar-refractivity contribution < 1.29 is 9.84 Å². The molecule has 1 aromatic rings. The summed E-state index contributed by atoms with van der Waals surface area (Å²) in [5, 5.41) is 9.40. The molecule has 1 saturated heterocycles. The third-order valence-corrected chi connectivity index (χ3v) is 3.16. The van der Waals surface area contributed by atoms with Crippen LogP contribution in [0.4, 0.5) is 0 Å². The largest absolute Gasteiger partial charge is 0.508 e. The molecular weight excluding hydrogens is 202 g/mol. The average molecular weight is 221 g/mol. The third-order valence-electron chi connectivity index (χ3n) is 3.16. The lowest BCUT2D eigenvalue weighted by atomic mass is 10.1. The Balaban J connectivity index is 1.93. The van der Waals surface area contributed by atoms with Crippen LogP contribution >= 0.6 is 0 Å². The summed E-state index contributed by atoms with van der Waals surface area (Å²) in [6, 6.07) is 8.09. The summed E-state index contributed by atoms with van der Waals surface area (Å²) in [4.78, 5) is 2.34. The SMILES string of the molecule is CN(Cc1cccc(O)c1)C1CCOCC1. The molecule has 16 heavy (non-hydrogen) atoms. The fourth-order valence-electron chi connectivity index (χ4n) is 2.20. The molecule has 0 saturated carbocycles. The number of aromatic hydroxyl groups is 1. The van der Waals surface area contributed by atoms with E-state index in [9.17, 15) is 5.11 Å². The van der Waals surface area contributed by atoms with Crippen LogP contribution in [0.2, 0.25) is 0 Å². The van der Waals surface area contributed by atoms with E-state index < -0.39 is 0 Å². The number of rotatable bonds is 3. The van der Waals surface area contributed by atoms with Crippen molar-refractivity contribution in [1.82, 2.24) is 4.90 Å². The summed E-state index contributed by atoms with van der Waals surface area (Å²) in [5.74, 6) is 0.345. The van der Waals surface area contributed by atoms with Crippen LogP contribution in [-0.2, 0) is 11.3 Å². The Morgan fingerprint density at radius 1 is 1.38 bits per heavy atom. The van der Waals surface area contributed by atoms with Gasteiger partial charge in [-0.05, 0) is 37.6 Å². The molecule has 0 bridgehead atoms. The molecule has 1 N–H and O–H groups in total. The van der Waals surface area contributed by atoms with E-state index in [1.165, 1.54) is 0 Å². The van der Waals surface area contributed by atoms with Crippen LogP contribution in [0.1, 0.15) is 18.4 Å². The molecule has 3 heteroatoms. The van der Waals surface area contributed by atoms with Crippen molar-refractivity contribution in [3.63, 3.8) is 0 Å². The lowest BCUT2D eigenvalue weighted by molar-refractivity contribution is 0.0407. The molecule has 1 aromatic carbocycles. The Hall–Kier alpha value is -1.06. The lowest BCUT2D eigenvalue weighted by Crippen LogP contribution is -2.36. The number of phenols is 1. The fourth-order valence-corrected chi connectivity index (χ4v) is 2.20. The molecule has 1 heterocycles. The van der Waals surface area contributed by atoms with Gasteiger partial charge in [0.05, 0.1) is 0 Å². The van der Waals surface area contributed by atoms with E-state index in [4.69, 9.17) is 4.74 Å². The van der Waals surface area contributed by atoms with Crippen LogP contribution in [0.15, 0.2) is 24.3 Å². The number of nitrogens with zero attached hydrogens (tertiary/aromatic N) is 1. The number of phenolic OH excluding ortho intramolecular Hbond substituents is 1. The second-order valence-corrected chi connectivity index (χ2v) is 4.43. The predicted octanol–water partition coefficient (Wildman–Crippen LogP) is 2.00. The van der Waals surface area contributed by atoms with Crippen molar-refractivity contribution in [2.24, 2.45) is 0 Å². The van der Waals surface area contributed by atoms with Gasteiger partial charge >= 0.3 is 0 Å². The first-order valence-electron chi connectivity index (χ1n) is 5.81. The molecule has 0 amide bonds. The van der Waals surface area contributed by atoms with E-state index >= 15 is 0 Å². The maximum absolute atomic E-state index is 9.40. The minimum absolute atomic E-state index is 0.345. The maximum atomic E-state index is 9.40. The first-order chi connectivity index (χ1) is 7.75. The monoisotopic (exact) mass is 221 g/mol. The molecule has 88 valence electrons. The van der Waals surface area contributed by atoms with Gasteiger partial charge in [0.2, 0.25) is 0 Å². The van der Waals surface area contributed by atoms with Gasteiger partial charge in [-0.1, -0.05) is 12.1 Å². The van der Waals surface area contributed by atoms with Crippen LogP contribution in [0.25, 0.3) is 0 Å².